The zero-order valence-electron chi connectivity index (χ0n) is 16.1. The smallest absolute Gasteiger partial charge is 0.187 e. The molecule has 2 atom stereocenters. The lowest BCUT2D eigenvalue weighted by atomic mass is 9.86. The zero-order valence-corrected chi connectivity index (χ0v) is 17.9. The summed E-state index contributed by atoms with van der Waals surface area (Å²) >= 11 is 0. The first-order chi connectivity index (χ1) is 12.1. The molecule has 0 saturated heterocycles. The van der Waals surface area contributed by atoms with Gasteiger partial charge in [0.1, 0.15) is 10.3 Å². The molecule has 0 spiro atoms. The molecule has 3 rings (SSSR count). The highest BCUT2D eigenvalue weighted by Crippen LogP contribution is 2.60. The maximum atomic E-state index is 13.7. The lowest BCUT2D eigenvalue weighted by molar-refractivity contribution is 0.0613. The van der Waals surface area contributed by atoms with E-state index in [4.69, 9.17) is 0 Å². The minimum Gasteiger partial charge on any atom is -0.384 e. The van der Waals surface area contributed by atoms with Crippen molar-refractivity contribution in [2.75, 3.05) is 0 Å². The van der Waals surface area contributed by atoms with Crippen LogP contribution in [-0.4, -0.2) is 31.9 Å². The van der Waals surface area contributed by atoms with Crippen LogP contribution in [0.3, 0.4) is 0 Å². The molecule has 0 unspecified atom stereocenters. The van der Waals surface area contributed by atoms with Crippen LogP contribution in [0, 0.1) is 0 Å². The van der Waals surface area contributed by atoms with Crippen molar-refractivity contribution in [2.24, 2.45) is 0 Å². The Labute approximate surface area is 158 Å². The Bertz CT molecular complexity index is 836. The van der Waals surface area contributed by atoms with E-state index in [1.807, 2.05) is 6.07 Å². The average molecular weight is 391 g/mol. The van der Waals surface area contributed by atoms with E-state index in [2.05, 4.69) is 26.2 Å². The fourth-order valence-electron chi connectivity index (χ4n) is 5.01. The second-order valence-corrected chi connectivity index (χ2v) is 16.7. The van der Waals surface area contributed by atoms with Gasteiger partial charge in [-0.15, -0.1) is 6.58 Å². The molecular weight excluding hydrogens is 360 g/mol. The Kier molecular flexibility index (Phi) is 4.87. The van der Waals surface area contributed by atoms with Crippen LogP contribution in [-0.2, 0) is 9.84 Å². The van der Waals surface area contributed by atoms with E-state index in [1.54, 1.807) is 30.3 Å². The van der Waals surface area contributed by atoms with E-state index in [0.717, 1.165) is 18.0 Å². The van der Waals surface area contributed by atoms with E-state index in [-0.39, 0.29) is 0 Å². The highest BCUT2D eigenvalue weighted by atomic mass is 32.2. The van der Waals surface area contributed by atoms with Crippen molar-refractivity contribution in [3.8, 4) is 0 Å². The van der Waals surface area contributed by atoms with Crippen LogP contribution in [0.2, 0.25) is 25.7 Å². The van der Waals surface area contributed by atoms with Crippen molar-refractivity contribution in [1.82, 2.24) is 0 Å². The number of sulfone groups is 1. The Morgan fingerprint density at radius 3 is 2.42 bits per heavy atom. The number of aliphatic hydroxyl groups is 1. The molecule has 1 aromatic rings. The van der Waals surface area contributed by atoms with Crippen LogP contribution >= 0.6 is 0 Å². The standard InChI is InChI=1S/C21H30O3SSi/c1-5-10-19-17(16-26(2,3)4)15-20(13-9-14-21(19,20)22)25(23,24)18-11-7-6-8-12-18/h5-8,11-12,22H,1,9-10,13-16H2,2-4H3/t20-,21+/m0/s1. The van der Waals surface area contributed by atoms with Crippen LogP contribution in [0.1, 0.15) is 32.1 Å². The van der Waals surface area contributed by atoms with Gasteiger partial charge >= 0.3 is 0 Å². The third kappa shape index (κ3) is 2.84. The maximum absolute atomic E-state index is 13.7. The van der Waals surface area contributed by atoms with Gasteiger partial charge in [0.2, 0.25) is 0 Å². The molecule has 2 aliphatic rings. The quantitative estimate of drug-likeness (QED) is 0.564. The SMILES string of the molecule is C=CCC1=C(C[Si](C)(C)C)C[C@@]2(S(=O)(=O)c3ccccc3)CCC[C@@]12O. The summed E-state index contributed by atoms with van der Waals surface area (Å²) < 4.78 is 26.3. The van der Waals surface area contributed by atoms with E-state index in [0.29, 0.717) is 30.6 Å². The Hall–Kier alpha value is -1.17. The molecule has 5 heteroatoms. The van der Waals surface area contributed by atoms with Crippen molar-refractivity contribution in [3.63, 3.8) is 0 Å². The van der Waals surface area contributed by atoms with Gasteiger partial charge in [0, 0.05) is 8.07 Å². The molecule has 1 saturated carbocycles. The van der Waals surface area contributed by atoms with Gasteiger partial charge in [0.15, 0.2) is 9.84 Å². The molecule has 0 aliphatic heterocycles. The lowest BCUT2D eigenvalue weighted by Gasteiger charge is -2.38. The summed E-state index contributed by atoms with van der Waals surface area (Å²) in [6, 6.07) is 9.59. The van der Waals surface area contributed by atoms with Gasteiger partial charge in [0.25, 0.3) is 0 Å². The van der Waals surface area contributed by atoms with E-state index >= 15 is 0 Å². The van der Waals surface area contributed by atoms with Gasteiger partial charge in [0.05, 0.1) is 4.90 Å². The summed E-state index contributed by atoms with van der Waals surface area (Å²) in [5, 5.41) is 11.8. The molecule has 26 heavy (non-hydrogen) atoms. The van der Waals surface area contributed by atoms with Crippen LogP contribution in [0.25, 0.3) is 0 Å². The van der Waals surface area contributed by atoms with Crippen LogP contribution in [0.4, 0.5) is 0 Å². The molecule has 0 amide bonds. The maximum Gasteiger partial charge on any atom is 0.187 e. The molecule has 0 aromatic heterocycles. The number of hydrogen-bond acceptors (Lipinski definition) is 3. The summed E-state index contributed by atoms with van der Waals surface area (Å²) in [4.78, 5) is 0.326. The summed E-state index contributed by atoms with van der Waals surface area (Å²) in [7, 11) is -5.09. The van der Waals surface area contributed by atoms with Gasteiger partial charge in [-0.25, -0.2) is 8.42 Å². The molecular formula is C21H30O3SSi. The van der Waals surface area contributed by atoms with Gasteiger partial charge in [-0.05, 0) is 55.9 Å². The normalized spacial score (nSPS) is 29.1. The molecule has 2 aliphatic carbocycles. The lowest BCUT2D eigenvalue weighted by Crippen LogP contribution is -2.53. The summed E-state index contributed by atoms with van der Waals surface area (Å²) in [6.45, 7) is 10.7. The van der Waals surface area contributed by atoms with Gasteiger partial charge < -0.3 is 5.11 Å². The third-order valence-corrected chi connectivity index (χ3v) is 10.1. The minimum atomic E-state index is -3.65. The molecule has 1 fully saturated rings. The second-order valence-electron chi connectivity index (χ2n) is 9.01. The van der Waals surface area contributed by atoms with Crippen LogP contribution in [0.5, 0.6) is 0 Å². The first kappa shape index (κ1) is 19.6. The van der Waals surface area contributed by atoms with Crippen molar-refractivity contribution >= 4 is 17.9 Å². The molecule has 142 valence electrons. The average Bonchev–Trinajstić information content (AvgIpc) is 3.00. The van der Waals surface area contributed by atoms with Crippen molar-refractivity contribution in [3.05, 3.63) is 54.1 Å². The van der Waals surface area contributed by atoms with Gasteiger partial charge in [-0.1, -0.05) is 49.5 Å². The topological polar surface area (TPSA) is 54.4 Å². The number of rotatable bonds is 6. The first-order valence-electron chi connectivity index (χ1n) is 9.42. The van der Waals surface area contributed by atoms with E-state index in [9.17, 15) is 13.5 Å². The van der Waals surface area contributed by atoms with E-state index < -0.39 is 28.3 Å². The highest BCUT2D eigenvalue weighted by molar-refractivity contribution is 7.93. The zero-order chi connectivity index (χ0) is 19.2. The first-order valence-corrected chi connectivity index (χ1v) is 14.6. The number of benzene rings is 1. The summed E-state index contributed by atoms with van der Waals surface area (Å²) in [6.07, 6.45) is 4.63. The number of allylic oxidation sites excluding steroid dienone is 2. The summed E-state index contributed by atoms with van der Waals surface area (Å²) in [5.41, 5.74) is 0.850. The largest absolute Gasteiger partial charge is 0.384 e. The fourth-order valence-corrected chi connectivity index (χ4v) is 9.04. The number of hydrogen-bond donors (Lipinski definition) is 1. The van der Waals surface area contributed by atoms with Crippen molar-refractivity contribution in [2.45, 2.75) is 73.0 Å². The van der Waals surface area contributed by atoms with Crippen LogP contribution in [0.15, 0.2) is 59.0 Å². The highest BCUT2D eigenvalue weighted by Gasteiger charge is 2.67. The summed E-state index contributed by atoms with van der Waals surface area (Å²) in [5.74, 6) is 0. The van der Waals surface area contributed by atoms with Gasteiger partial charge in [-0.3, -0.25) is 0 Å². The van der Waals surface area contributed by atoms with Crippen LogP contribution < -0.4 is 0 Å². The molecule has 0 radical (unpaired) electrons. The number of fused-ring (bicyclic) bond motifs is 1. The molecule has 1 aromatic carbocycles. The van der Waals surface area contributed by atoms with Gasteiger partial charge in [-0.2, -0.15) is 0 Å². The van der Waals surface area contributed by atoms with Crippen molar-refractivity contribution in [1.29, 1.82) is 0 Å². The fraction of sp³-hybridized carbons (Fsp3) is 0.524. The van der Waals surface area contributed by atoms with Crippen molar-refractivity contribution < 1.29 is 13.5 Å². The molecule has 3 nitrogen and oxygen atoms in total. The molecule has 0 bridgehead atoms. The second kappa shape index (κ2) is 6.46. The minimum absolute atomic E-state index is 0.326. The van der Waals surface area contributed by atoms with E-state index in [1.165, 1.54) is 5.57 Å². The Morgan fingerprint density at radius 2 is 1.85 bits per heavy atom. The molecule has 0 heterocycles. The predicted octanol–water partition coefficient (Wildman–Crippen LogP) is 4.73. The Balaban J connectivity index is 2.16. The predicted molar refractivity (Wildman–Crippen MR) is 110 cm³/mol. The third-order valence-electron chi connectivity index (χ3n) is 5.96. The monoisotopic (exact) mass is 390 g/mol. The Morgan fingerprint density at radius 1 is 1.19 bits per heavy atom. The molecule has 1 N–H and O–H groups in total.